The monoisotopic (exact) mass is 860 g/mol. The third kappa shape index (κ3) is 6.58. The van der Waals surface area contributed by atoms with Crippen molar-refractivity contribution in [2.45, 2.75) is 13.3 Å². The molecule has 4 aromatic heterocycles. The predicted molar refractivity (Wildman–Crippen MR) is 280 cm³/mol. The van der Waals surface area contributed by atoms with Crippen LogP contribution in [0, 0.1) is 12.3 Å². The van der Waals surface area contributed by atoms with E-state index in [1.165, 1.54) is 31.1 Å². The maximum Gasteiger partial charge on any atom is 0.160 e. The highest BCUT2D eigenvalue weighted by Gasteiger charge is 2.23. The molecule has 0 atom stereocenters. The Hall–Kier alpha value is -8.43. The summed E-state index contributed by atoms with van der Waals surface area (Å²) in [6.07, 6.45) is 12.6. The van der Waals surface area contributed by atoms with Gasteiger partial charge in [-0.15, -0.1) is 17.8 Å². The van der Waals surface area contributed by atoms with Gasteiger partial charge in [0.1, 0.15) is 0 Å². The summed E-state index contributed by atoms with van der Waals surface area (Å²) in [6.45, 7) is 2.15. The number of hydrogen-bond acceptors (Lipinski definition) is 4. The molecule has 0 N–H and O–H groups in total. The van der Waals surface area contributed by atoms with Crippen LogP contribution in [0.15, 0.2) is 206 Å². The molecule has 0 aliphatic rings. The summed E-state index contributed by atoms with van der Waals surface area (Å²) in [5.41, 5.74) is 13.2. The molecule has 12 aromatic rings. The number of rotatable bonds is 8. The molecule has 0 radical (unpaired) electrons. The number of nitrogens with zero attached hydrogens (tertiary/aromatic N) is 4. The topological polar surface area (TPSA) is 43.6 Å². The molecule has 0 saturated heterocycles. The lowest BCUT2D eigenvalue weighted by molar-refractivity contribution is 1.17. The largest absolute Gasteiger partial charge is 0.308 e. The second kappa shape index (κ2) is 16.3. The van der Waals surface area contributed by atoms with E-state index >= 15 is 0 Å². The summed E-state index contributed by atoms with van der Waals surface area (Å²) in [4.78, 5) is 15.9. The smallest absolute Gasteiger partial charge is 0.160 e. The van der Waals surface area contributed by atoms with Crippen LogP contribution in [0.25, 0.3) is 120 Å². The van der Waals surface area contributed by atoms with Gasteiger partial charge >= 0.3 is 0 Å². The average molecular weight is 861 g/mol. The number of fused-ring (bicyclic) bond motifs is 10. The van der Waals surface area contributed by atoms with E-state index in [0.717, 1.165) is 95.1 Å². The summed E-state index contributed by atoms with van der Waals surface area (Å²) in [7, 11) is 0. The Morgan fingerprint density at radius 2 is 1.29 bits per heavy atom. The SMILES string of the molecule is C#C/C=C\C(=C/CC)c1nc2ccc3ccccc3c2c2c1c1ccccc1n2-c1ccc(-c2cc(-c3cccc(-c4cccc5c4sc4ccccc45)c3)nc(-c3ccccc3)n2)cc1. The van der Waals surface area contributed by atoms with E-state index in [0.29, 0.717) is 5.82 Å². The lowest BCUT2D eigenvalue weighted by Gasteiger charge is -2.15. The third-order valence-corrected chi connectivity index (χ3v) is 13.8. The zero-order chi connectivity index (χ0) is 44.1. The average Bonchev–Trinajstić information content (AvgIpc) is 3.94. The highest BCUT2D eigenvalue weighted by atomic mass is 32.1. The van der Waals surface area contributed by atoms with Gasteiger partial charge in [-0.3, -0.25) is 0 Å². The lowest BCUT2D eigenvalue weighted by atomic mass is 9.98. The predicted octanol–water partition coefficient (Wildman–Crippen LogP) is 16.3. The molecule has 4 nitrogen and oxygen atoms in total. The van der Waals surface area contributed by atoms with Crippen LogP contribution in [0.3, 0.4) is 0 Å². The maximum absolute atomic E-state index is 5.78. The number of aromatic nitrogens is 4. The number of allylic oxidation sites excluding steroid dienone is 4. The van der Waals surface area contributed by atoms with Gasteiger partial charge in [-0.05, 0) is 88.5 Å². The molecule has 12 rings (SSSR count). The van der Waals surface area contributed by atoms with Crippen LogP contribution in [0.5, 0.6) is 0 Å². The van der Waals surface area contributed by atoms with Crippen LogP contribution in [0.2, 0.25) is 0 Å². The maximum atomic E-state index is 5.78. The van der Waals surface area contributed by atoms with Crippen molar-refractivity contribution in [2.75, 3.05) is 0 Å². The first-order chi connectivity index (χ1) is 32.6. The number of pyridine rings is 1. The molecule has 0 aliphatic carbocycles. The van der Waals surface area contributed by atoms with Gasteiger partial charge in [0.05, 0.1) is 33.6 Å². The number of hydrogen-bond donors (Lipinski definition) is 0. The zero-order valence-corrected chi connectivity index (χ0v) is 36.9. The Morgan fingerprint density at radius 1 is 0.591 bits per heavy atom. The zero-order valence-electron chi connectivity index (χ0n) is 36.1. The van der Waals surface area contributed by atoms with E-state index in [4.69, 9.17) is 21.4 Å². The van der Waals surface area contributed by atoms with Gasteiger partial charge in [0.2, 0.25) is 0 Å². The Labute approximate surface area is 386 Å². The standard InChI is InChI=1S/C61H40N4S/c1-3-5-18-41(17-4-2)58-57-50-26-11-13-29-54(50)65(59(57)56-46-24-10-9-19-39(46)33-36-51(56)62-58)45-34-31-40(32-35-45)52-38-53(64-61(63-52)42-20-7-6-8-21-42)44-23-15-22-43(37-44)47-27-16-28-49-48-25-12-14-30-55(48)66-60(47)49/h1,5-38H,4H2,2H3/b18-5-,41-17+. The Morgan fingerprint density at radius 3 is 2.12 bits per heavy atom. The normalized spacial score (nSPS) is 12.1. The minimum Gasteiger partial charge on any atom is -0.308 e. The van der Waals surface area contributed by atoms with Gasteiger partial charge in [0.25, 0.3) is 0 Å². The number of terminal acetylenes is 1. The van der Waals surface area contributed by atoms with Crippen molar-refractivity contribution in [1.29, 1.82) is 0 Å². The fourth-order valence-corrected chi connectivity index (χ4v) is 10.9. The van der Waals surface area contributed by atoms with Crippen molar-refractivity contribution >= 4 is 80.6 Å². The molecule has 0 saturated carbocycles. The summed E-state index contributed by atoms with van der Waals surface area (Å²) < 4.78 is 5.00. The van der Waals surface area contributed by atoms with Crippen LogP contribution in [-0.2, 0) is 0 Å². The Balaban J connectivity index is 1.04. The van der Waals surface area contributed by atoms with Crippen molar-refractivity contribution in [1.82, 2.24) is 19.5 Å². The van der Waals surface area contributed by atoms with E-state index in [9.17, 15) is 0 Å². The summed E-state index contributed by atoms with van der Waals surface area (Å²) in [5, 5.41) is 8.24. The van der Waals surface area contributed by atoms with E-state index in [-0.39, 0.29) is 0 Å². The molecule has 0 amide bonds. The van der Waals surface area contributed by atoms with Gasteiger partial charge < -0.3 is 4.57 Å². The van der Waals surface area contributed by atoms with E-state index in [1.54, 1.807) is 6.08 Å². The molecule has 310 valence electrons. The second-order valence-corrected chi connectivity index (χ2v) is 17.6. The number of para-hydroxylation sites is 1. The lowest BCUT2D eigenvalue weighted by Crippen LogP contribution is -1.99. The van der Waals surface area contributed by atoms with Crippen molar-refractivity contribution in [3.8, 4) is 63.1 Å². The van der Waals surface area contributed by atoms with Gasteiger partial charge in [-0.2, -0.15) is 0 Å². The third-order valence-electron chi connectivity index (χ3n) is 12.6. The van der Waals surface area contributed by atoms with Crippen LogP contribution >= 0.6 is 11.3 Å². The fraction of sp³-hybridized carbons (Fsp3) is 0.0328. The first-order valence-electron chi connectivity index (χ1n) is 22.3. The van der Waals surface area contributed by atoms with Crippen LogP contribution in [-0.4, -0.2) is 19.5 Å². The molecule has 0 spiro atoms. The van der Waals surface area contributed by atoms with E-state index < -0.39 is 0 Å². The molecule has 5 heteroatoms. The van der Waals surface area contributed by atoms with Crippen molar-refractivity contribution in [3.63, 3.8) is 0 Å². The minimum absolute atomic E-state index is 0.680. The van der Waals surface area contributed by atoms with E-state index in [1.807, 2.05) is 35.6 Å². The highest BCUT2D eigenvalue weighted by Crippen LogP contribution is 2.44. The first-order valence-corrected chi connectivity index (χ1v) is 23.1. The summed E-state index contributed by atoms with van der Waals surface area (Å²) >= 11 is 1.85. The molecule has 66 heavy (non-hydrogen) atoms. The Kier molecular flexibility index (Phi) is 9.67. The van der Waals surface area contributed by atoms with Crippen LogP contribution in [0.4, 0.5) is 0 Å². The molecular formula is C61H40N4S. The fourth-order valence-electron chi connectivity index (χ4n) is 9.63. The van der Waals surface area contributed by atoms with Crippen molar-refractivity contribution in [3.05, 3.63) is 212 Å². The van der Waals surface area contributed by atoms with Gasteiger partial charge in [0, 0.05) is 58.7 Å². The van der Waals surface area contributed by atoms with Gasteiger partial charge in [-0.1, -0.05) is 165 Å². The minimum atomic E-state index is 0.680. The van der Waals surface area contributed by atoms with Crippen molar-refractivity contribution in [2.24, 2.45) is 0 Å². The van der Waals surface area contributed by atoms with Crippen molar-refractivity contribution < 1.29 is 0 Å². The van der Waals surface area contributed by atoms with Crippen LogP contribution < -0.4 is 0 Å². The Bertz CT molecular complexity index is 3980. The van der Waals surface area contributed by atoms with Gasteiger partial charge in [0.15, 0.2) is 5.82 Å². The molecule has 4 heterocycles. The van der Waals surface area contributed by atoms with E-state index in [2.05, 4.69) is 193 Å². The molecule has 0 bridgehead atoms. The number of thiophene rings is 1. The molecule has 0 fully saturated rings. The molecule has 0 aliphatic heterocycles. The van der Waals surface area contributed by atoms with Gasteiger partial charge in [-0.25, -0.2) is 15.0 Å². The number of benzene rings is 8. The second-order valence-electron chi connectivity index (χ2n) is 16.5. The summed E-state index contributed by atoms with van der Waals surface area (Å²) in [5.74, 6) is 3.38. The highest BCUT2D eigenvalue weighted by molar-refractivity contribution is 7.26. The summed E-state index contributed by atoms with van der Waals surface area (Å²) in [6, 6.07) is 66.9. The quantitative estimate of drug-likeness (QED) is 0.0868. The molecule has 8 aromatic carbocycles. The first kappa shape index (κ1) is 39.2. The van der Waals surface area contributed by atoms with Crippen LogP contribution in [0.1, 0.15) is 19.0 Å². The molecular weight excluding hydrogens is 821 g/mol. The molecule has 0 unspecified atom stereocenters.